The molecule has 0 bridgehead atoms. The van der Waals surface area contributed by atoms with Crippen LogP contribution in [-0.2, 0) is 4.74 Å². The first-order chi connectivity index (χ1) is 8.63. The van der Waals surface area contributed by atoms with Crippen molar-refractivity contribution in [3.63, 3.8) is 0 Å². The molecule has 1 saturated heterocycles. The molecule has 0 amide bonds. The molecule has 18 heavy (non-hydrogen) atoms. The fourth-order valence-corrected chi connectivity index (χ4v) is 3.17. The van der Waals surface area contributed by atoms with Crippen molar-refractivity contribution in [1.82, 2.24) is 0 Å². The summed E-state index contributed by atoms with van der Waals surface area (Å²) in [6.07, 6.45) is -2.23. The first-order valence-electron chi connectivity index (χ1n) is 5.97. The van der Waals surface area contributed by atoms with Gasteiger partial charge in [-0.25, -0.2) is 0 Å². The van der Waals surface area contributed by atoms with Crippen LogP contribution in [0.4, 0.5) is 0 Å². The SMILES string of the molecule is CC1[C@H](O)C(CO)O[C@H](Sc2ccccc2)[C@@H]1O. The largest absolute Gasteiger partial charge is 0.394 e. The smallest absolute Gasteiger partial charge is 0.134 e. The summed E-state index contributed by atoms with van der Waals surface area (Å²) >= 11 is 1.40. The minimum atomic E-state index is -0.836. The zero-order valence-corrected chi connectivity index (χ0v) is 11.0. The first-order valence-corrected chi connectivity index (χ1v) is 6.85. The summed E-state index contributed by atoms with van der Waals surface area (Å²) < 4.78 is 5.55. The van der Waals surface area contributed by atoms with Crippen LogP contribution in [0.15, 0.2) is 35.2 Å². The molecule has 1 aliphatic rings. The molecule has 4 nitrogen and oxygen atoms in total. The van der Waals surface area contributed by atoms with E-state index in [1.165, 1.54) is 11.8 Å². The number of benzene rings is 1. The number of ether oxygens (including phenoxy) is 1. The monoisotopic (exact) mass is 270 g/mol. The third-order valence-electron chi connectivity index (χ3n) is 3.22. The molecule has 1 aromatic rings. The van der Waals surface area contributed by atoms with Crippen molar-refractivity contribution < 1.29 is 20.1 Å². The summed E-state index contributed by atoms with van der Waals surface area (Å²) in [6, 6.07) is 9.62. The summed E-state index contributed by atoms with van der Waals surface area (Å²) in [7, 11) is 0. The first kappa shape index (κ1) is 13.8. The van der Waals surface area contributed by atoms with Crippen molar-refractivity contribution in [2.45, 2.75) is 35.6 Å². The third kappa shape index (κ3) is 2.87. The van der Waals surface area contributed by atoms with E-state index in [0.717, 1.165) is 4.90 Å². The van der Waals surface area contributed by atoms with Gasteiger partial charge in [-0.3, -0.25) is 0 Å². The highest BCUT2D eigenvalue weighted by Gasteiger charge is 2.42. The van der Waals surface area contributed by atoms with Gasteiger partial charge in [0.1, 0.15) is 11.5 Å². The van der Waals surface area contributed by atoms with Gasteiger partial charge < -0.3 is 20.1 Å². The standard InChI is InChI=1S/C13H18O4S/c1-8-11(15)10(7-14)17-13(12(8)16)18-9-5-3-2-4-6-9/h2-6,8,10-16H,7H2,1H3/t8?,10?,11-,12+,13+/m0/s1. The predicted molar refractivity (Wildman–Crippen MR) is 69.2 cm³/mol. The van der Waals surface area contributed by atoms with Crippen LogP contribution < -0.4 is 0 Å². The molecule has 2 rings (SSSR count). The maximum atomic E-state index is 10.1. The molecule has 1 fully saturated rings. The van der Waals surface area contributed by atoms with Gasteiger partial charge in [0.2, 0.25) is 0 Å². The Morgan fingerprint density at radius 2 is 1.83 bits per heavy atom. The van der Waals surface area contributed by atoms with E-state index in [4.69, 9.17) is 4.74 Å². The van der Waals surface area contributed by atoms with Gasteiger partial charge in [-0.2, -0.15) is 0 Å². The van der Waals surface area contributed by atoms with Crippen LogP contribution in [0.25, 0.3) is 0 Å². The molecule has 5 atom stereocenters. The minimum absolute atomic E-state index is 0.246. The Balaban J connectivity index is 2.08. The van der Waals surface area contributed by atoms with Crippen molar-refractivity contribution in [3.05, 3.63) is 30.3 Å². The molecule has 1 aliphatic heterocycles. The Hall–Kier alpha value is -0.590. The van der Waals surface area contributed by atoms with E-state index in [1.807, 2.05) is 30.3 Å². The lowest BCUT2D eigenvalue weighted by Crippen LogP contribution is -2.53. The van der Waals surface area contributed by atoms with Crippen LogP contribution in [0.5, 0.6) is 0 Å². The normalized spacial score (nSPS) is 36.6. The second-order valence-electron chi connectivity index (χ2n) is 4.50. The highest BCUT2D eigenvalue weighted by Crippen LogP contribution is 2.35. The van der Waals surface area contributed by atoms with Gasteiger partial charge in [-0.05, 0) is 12.1 Å². The Bertz CT molecular complexity index is 371. The van der Waals surface area contributed by atoms with E-state index in [1.54, 1.807) is 6.92 Å². The molecule has 3 N–H and O–H groups in total. The zero-order valence-electron chi connectivity index (χ0n) is 10.1. The van der Waals surface area contributed by atoms with Crippen LogP contribution in [0.3, 0.4) is 0 Å². The van der Waals surface area contributed by atoms with Gasteiger partial charge in [-0.15, -0.1) is 0 Å². The van der Waals surface area contributed by atoms with Gasteiger partial charge in [0, 0.05) is 10.8 Å². The van der Waals surface area contributed by atoms with Crippen molar-refractivity contribution in [2.24, 2.45) is 5.92 Å². The lowest BCUT2D eigenvalue weighted by Gasteiger charge is -2.40. The second-order valence-corrected chi connectivity index (χ2v) is 5.67. The fraction of sp³-hybridized carbons (Fsp3) is 0.538. The molecule has 0 aromatic heterocycles. The fourth-order valence-electron chi connectivity index (χ4n) is 2.00. The molecular weight excluding hydrogens is 252 g/mol. The van der Waals surface area contributed by atoms with E-state index in [-0.39, 0.29) is 12.5 Å². The summed E-state index contributed by atoms with van der Waals surface area (Å²) in [6.45, 7) is 1.52. The van der Waals surface area contributed by atoms with Gasteiger partial charge in [-0.1, -0.05) is 36.9 Å². The summed E-state index contributed by atoms with van der Waals surface area (Å²) in [5.74, 6) is -0.322. The van der Waals surface area contributed by atoms with Crippen LogP contribution >= 0.6 is 11.8 Å². The number of hydrogen-bond donors (Lipinski definition) is 3. The molecule has 1 heterocycles. The average molecular weight is 270 g/mol. The summed E-state index contributed by atoms with van der Waals surface area (Å²) in [5.41, 5.74) is -0.469. The number of hydrogen-bond acceptors (Lipinski definition) is 5. The van der Waals surface area contributed by atoms with Crippen LogP contribution in [0.1, 0.15) is 6.92 Å². The van der Waals surface area contributed by atoms with Gasteiger partial charge in [0.05, 0.1) is 18.8 Å². The molecule has 1 aromatic carbocycles. The lowest BCUT2D eigenvalue weighted by atomic mass is 9.92. The maximum absolute atomic E-state index is 10.1. The number of thioether (sulfide) groups is 1. The van der Waals surface area contributed by atoms with E-state index >= 15 is 0 Å². The van der Waals surface area contributed by atoms with E-state index in [2.05, 4.69) is 0 Å². The summed E-state index contributed by atoms with van der Waals surface area (Å²) in [5, 5.41) is 29.1. The van der Waals surface area contributed by atoms with Crippen molar-refractivity contribution in [3.8, 4) is 0 Å². The summed E-state index contributed by atoms with van der Waals surface area (Å²) in [4.78, 5) is 0.988. The Kier molecular flexibility index (Phi) is 4.64. The highest BCUT2D eigenvalue weighted by atomic mass is 32.2. The molecule has 0 saturated carbocycles. The Morgan fingerprint density at radius 3 is 2.44 bits per heavy atom. The molecule has 0 spiro atoms. The minimum Gasteiger partial charge on any atom is -0.394 e. The predicted octanol–water partition coefficient (Wildman–Crippen LogP) is 0.854. The number of rotatable bonds is 3. The van der Waals surface area contributed by atoms with Crippen molar-refractivity contribution >= 4 is 11.8 Å². The maximum Gasteiger partial charge on any atom is 0.134 e. The quantitative estimate of drug-likeness (QED) is 0.760. The number of aliphatic hydroxyl groups excluding tert-OH is 3. The molecule has 100 valence electrons. The van der Waals surface area contributed by atoms with Crippen LogP contribution in [0, 0.1) is 5.92 Å². The molecular formula is C13H18O4S. The van der Waals surface area contributed by atoms with E-state index in [0.29, 0.717) is 0 Å². The lowest BCUT2D eigenvalue weighted by molar-refractivity contribution is -0.177. The molecule has 0 radical (unpaired) electrons. The average Bonchev–Trinajstić information content (AvgIpc) is 2.40. The van der Waals surface area contributed by atoms with Gasteiger partial charge >= 0.3 is 0 Å². The van der Waals surface area contributed by atoms with Crippen molar-refractivity contribution in [2.75, 3.05) is 6.61 Å². The van der Waals surface area contributed by atoms with E-state index < -0.39 is 23.7 Å². The molecule has 5 heteroatoms. The highest BCUT2D eigenvalue weighted by molar-refractivity contribution is 7.99. The Labute approximate surface area is 111 Å². The van der Waals surface area contributed by atoms with Crippen LogP contribution in [0.2, 0.25) is 0 Å². The molecule has 2 unspecified atom stereocenters. The van der Waals surface area contributed by atoms with Gasteiger partial charge in [0.15, 0.2) is 0 Å². The van der Waals surface area contributed by atoms with Gasteiger partial charge in [0.25, 0.3) is 0 Å². The number of aliphatic hydroxyl groups is 3. The zero-order chi connectivity index (χ0) is 13.1. The Morgan fingerprint density at radius 1 is 1.17 bits per heavy atom. The molecule has 0 aliphatic carbocycles. The third-order valence-corrected chi connectivity index (χ3v) is 4.39. The van der Waals surface area contributed by atoms with Crippen LogP contribution in [-0.4, -0.2) is 45.7 Å². The van der Waals surface area contributed by atoms with Crippen molar-refractivity contribution in [1.29, 1.82) is 0 Å². The topological polar surface area (TPSA) is 69.9 Å². The van der Waals surface area contributed by atoms with E-state index in [9.17, 15) is 15.3 Å². The second kappa shape index (κ2) is 6.04.